The lowest BCUT2D eigenvalue weighted by molar-refractivity contribution is 0.101. The molecule has 0 saturated heterocycles. The topological polar surface area (TPSA) is 62.7 Å². The molecule has 5 nitrogen and oxygen atoms in total. The number of anilines is 1. The van der Waals surface area contributed by atoms with Crippen molar-refractivity contribution in [3.8, 4) is 0 Å². The van der Waals surface area contributed by atoms with E-state index in [1.807, 2.05) is 47.2 Å². The first-order valence-electron chi connectivity index (χ1n) is 6.33. The van der Waals surface area contributed by atoms with Crippen molar-refractivity contribution in [2.75, 3.05) is 5.32 Å². The van der Waals surface area contributed by atoms with E-state index >= 15 is 0 Å². The molecule has 0 atom stereocenters. The van der Waals surface area contributed by atoms with Crippen molar-refractivity contribution >= 4 is 11.7 Å². The summed E-state index contributed by atoms with van der Waals surface area (Å²) in [5.74, 6) is 0.428. The van der Waals surface area contributed by atoms with Crippen LogP contribution in [0.3, 0.4) is 0 Å². The van der Waals surface area contributed by atoms with Gasteiger partial charge in [0, 0.05) is 18.8 Å². The van der Waals surface area contributed by atoms with Crippen molar-refractivity contribution < 1.29 is 4.79 Å². The molecule has 100 valence electrons. The van der Waals surface area contributed by atoms with Crippen molar-refractivity contribution in [1.82, 2.24) is 14.8 Å². The van der Waals surface area contributed by atoms with Gasteiger partial charge in [-0.3, -0.25) is 9.89 Å². The van der Waals surface area contributed by atoms with Crippen LogP contribution in [0, 0.1) is 0 Å². The number of nitrogens with one attached hydrogen (secondary N) is 2. The van der Waals surface area contributed by atoms with E-state index in [0.717, 1.165) is 5.56 Å². The number of rotatable bonds is 4. The van der Waals surface area contributed by atoms with E-state index in [0.29, 0.717) is 18.1 Å². The summed E-state index contributed by atoms with van der Waals surface area (Å²) in [6, 6.07) is 15.4. The summed E-state index contributed by atoms with van der Waals surface area (Å²) < 4.78 is 1.92. The fraction of sp³-hybridized carbons (Fsp3) is 0.0667. The number of benzene rings is 1. The van der Waals surface area contributed by atoms with Crippen LogP contribution in [0.15, 0.2) is 60.9 Å². The maximum absolute atomic E-state index is 12.2. The van der Waals surface area contributed by atoms with Gasteiger partial charge in [-0.25, -0.2) is 0 Å². The first-order valence-corrected chi connectivity index (χ1v) is 6.33. The van der Waals surface area contributed by atoms with Crippen molar-refractivity contribution in [2.24, 2.45) is 0 Å². The number of nitrogens with zero attached hydrogens (tertiary/aromatic N) is 2. The molecule has 1 amide bonds. The van der Waals surface area contributed by atoms with Gasteiger partial charge in [-0.05, 0) is 17.7 Å². The van der Waals surface area contributed by atoms with Crippen molar-refractivity contribution in [1.29, 1.82) is 0 Å². The Labute approximate surface area is 116 Å². The van der Waals surface area contributed by atoms with Gasteiger partial charge in [-0.15, -0.1) is 0 Å². The van der Waals surface area contributed by atoms with Crippen molar-refractivity contribution in [2.45, 2.75) is 6.54 Å². The molecule has 1 aromatic carbocycles. The van der Waals surface area contributed by atoms with Crippen LogP contribution in [0.5, 0.6) is 0 Å². The molecule has 0 unspecified atom stereocenters. The minimum Gasteiger partial charge on any atom is -0.339 e. The fourth-order valence-corrected chi connectivity index (χ4v) is 2.05. The Kier molecular flexibility index (Phi) is 3.33. The average Bonchev–Trinajstić information content (AvgIpc) is 3.11. The summed E-state index contributed by atoms with van der Waals surface area (Å²) in [6.45, 7) is 0.666. The van der Waals surface area contributed by atoms with Gasteiger partial charge < -0.3 is 9.88 Å². The monoisotopic (exact) mass is 266 g/mol. The Morgan fingerprint density at radius 2 is 2.00 bits per heavy atom. The van der Waals surface area contributed by atoms with Crippen LogP contribution in [0.1, 0.15) is 16.1 Å². The number of carbonyl (C=O) groups is 1. The van der Waals surface area contributed by atoms with E-state index in [1.165, 1.54) is 0 Å². The lowest BCUT2D eigenvalue weighted by Gasteiger charge is -2.09. The molecule has 0 radical (unpaired) electrons. The quantitative estimate of drug-likeness (QED) is 0.762. The zero-order valence-corrected chi connectivity index (χ0v) is 10.8. The van der Waals surface area contributed by atoms with Crippen LogP contribution in [-0.2, 0) is 6.54 Å². The Balaban J connectivity index is 1.78. The standard InChI is InChI=1S/C15H14N4O/c20-15(17-14-8-9-16-18-14)13-7-4-10-19(13)11-12-5-2-1-3-6-12/h1-10H,11H2,(H2,16,17,18,20). The minimum atomic E-state index is -0.157. The smallest absolute Gasteiger partial charge is 0.273 e. The molecule has 20 heavy (non-hydrogen) atoms. The van der Waals surface area contributed by atoms with E-state index in [-0.39, 0.29) is 5.91 Å². The van der Waals surface area contributed by atoms with Gasteiger partial charge in [0.25, 0.3) is 5.91 Å². The molecular formula is C15H14N4O. The van der Waals surface area contributed by atoms with Crippen LogP contribution in [-0.4, -0.2) is 20.7 Å². The van der Waals surface area contributed by atoms with Gasteiger partial charge in [-0.2, -0.15) is 5.10 Å². The molecule has 2 heterocycles. The molecule has 2 aromatic heterocycles. The van der Waals surface area contributed by atoms with Crippen LogP contribution < -0.4 is 5.32 Å². The Morgan fingerprint density at radius 3 is 2.75 bits per heavy atom. The molecule has 0 aliphatic carbocycles. The minimum absolute atomic E-state index is 0.157. The number of carbonyl (C=O) groups excluding carboxylic acids is 1. The SMILES string of the molecule is O=C(Nc1ccn[nH]1)c1cccn1Cc1ccccc1. The third-order valence-electron chi connectivity index (χ3n) is 3.01. The first-order chi connectivity index (χ1) is 9.83. The molecular weight excluding hydrogens is 252 g/mol. The third-order valence-corrected chi connectivity index (χ3v) is 3.01. The highest BCUT2D eigenvalue weighted by atomic mass is 16.2. The summed E-state index contributed by atoms with van der Waals surface area (Å²) in [5, 5.41) is 9.28. The molecule has 0 spiro atoms. The molecule has 3 aromatic rings. The van der Waals surface area contributed by atoms with E-state index in [9.17, 15) is 4.79 Å². The lowest BCUT2D eigenvalue weighted by atomic mass is 10.2. The molecule has 5 heteroatoms. The summed E-state index contributed by atoms with van der Waals surface area (Å²) in [4.78, 5) is 12.2. The molecule has 0 fully saturated rings. The van der Waals surface area contributed by atoms with E-state index in [2.05, 4.69) is 15.5 Å². The lowest BCUT2D eigenvalue weighted by Crippen LogP contribution is -2.17. The number of hydrogen-bond donors (Lipinski definition) is 2. The van der Waals surface area contributed by atoms with Gasteiger partial charge in [0.2, 0.25) is 0 Å². The number of aromatic nitrogens is 3. The van der Waals surface area contributed by atoms with Crippen LogP contribution in [0.4, 0.5) is 5.82 Å². The van der Waals surface area contributed by atoms with Crippen molar-refractivity contribution in [3.05, 3.63) is 72.2 Å². The summed E-state index contributed by atoms with van der Waals surface area (Å²) in [5.41, 5.74) is 1.77. The van der Waals surface area contributed by atoms with Gasteiger partial charge in [0.05, 0.1) is 6.20 Å². The highest BCUT2D eigenvalue weighted by Gasteiger charge is 2.11. The third kappa shape index (κ3) is 2.61. The summed E-state index contributed by atoms with van der Waals surface area (Å²) >= 11 is 0. The first kappa shape index (κ1) is 12.2. The van der Waals surface area contributed by atoms with Gasteiger partial charge in [0.15, 0.2) is 0 Å². The number of H-pyrrole nitrogens is 1. The zero-order valence-electron chi connectivity index (χ0n) is 10.8. The molecule has 0 saturated carbocycles. The molecule has 0 bridgehead atoms. The van der Waals surface area contributed by atoms with Gasteiger partial charge >= 0.3 is 0 Å². The van der Waals surface area contributed by atoms with Gasteiger partial charge in [-0.1, -0.05) is 30.3 Å². The average molecular weight is 266 g/mol. The highest BCUT2D eigenvalue weighted by Crippen LogP contribution is 2.10. The maximum Gasteiger partial charge on any atom is 0.273 e. The Hall–Kier alpha value is -2.82. The zero-order chi connectivity index (χ0) is 13.8. The van der Waals surface area contributed by atoms with E-state index < -0.39 is 0 Å². The Morgan fingerprint density at radius 1 is 1.15 bits per heavy atom. The molecule has 3 rings (SSSR count). The second kappa shape index (κ2) is 5.44. The largest absolute Gasteiger partial charge is 0.339 e. The van der Waals surface area contributed by atoms with Crippen molar-refractivity contribution in [3.63, 3.8) is 0 Å². The molecule has 0 aliphatic heterocycles. The van der Waals surface area contributed by atoms with Crippen LogP contribution in [0.25, 0.3) is 0 Å². The van der Waals surface area contributed by atoms with Crippen LogP contribution >= 0.6 is 0 Å². The number of hydrogen-bond acceptors (Lipinski definition) is 2. The van der Waals surface area contributed by atoms with E-state index in [1.54, 1.807) is 18.3 Å². The second-order valence-electron chi connectivity index (χ2n) is 4.43. The number of aromatic amines is 1. The Bertz CT molecular complexity index is 686. The molecule has 2 N–H and O–H groups in total. The molecule has 0 aliphatic rings. The number of amides is 1. The van der Waals surface area contributed by atoms with Crippen LogP contribution in [0.2, 0.25) is 0 Å². The summed E-state index contributed by atoms with van der Waals surface area (Å²) in [7, 11) is 0. The fourth-order valence-electron chi connectivity index (χ4n) is 2.05. The highest BCUT2D eigenvalue weighted by molar-refractivity contribution is 6.02. The maximum atomic E-state index is 12.2. The predicted octanol–water partition coefficient (Wildman–Crippen LogP) is 2.51. The normalized spacial score (nSPS) is 10.4. The second-order valence-corrected chi connectivity index (χ2v) is 4.43. The summed E-state index contributed by atoms with van der Waals surface area (Å²) in [6.07, 6.45) is 3.49. The van der Waals surface area contributed by atoms with E-state index in [4.69, 9.17) is 0 Å². The van der Waals surface area contributed by atoms with Gasteiger partial charge in [0.1, 0.15) is 11.5 Å². The predicted molar refractivity (Wildman–Crippen MR) is 76.5 cm³/mol.